The summed E-state index contributed by atoms with van der Waals surface area (Å²) >= 11 is 3.34. The lowest BCUT2D eigenvalue weighted by Gasteiger charge is -1.98. The third-order valence-electron chi connectivity index (χ3n) is 1.60. The zero-order valence-corrected chi connectivity index (χ0v) is 8.42. The normalized spacial score (nSPS) is 10.4. The maximum absolute atomic E-state index is 3.75. The molecule has 1 aromatic rings. The predicted molar refractivity (Wildman–Crippen MR) is 59.4 cm³/mol. The SMILES string of the molecule is C=Cc1ccccc1C=CCBr. The first-order chi connectivity index (χ1) is 5.88. The first kappa shape index (κ1) is 9.27. The Kier molecular flexibility index (Phi) is 3.81. The maximum Gasteiger partial charge on any atom is 0.0215 e. The standard InChI is InChI=1S/C11H11Br/c1-2-10-6-3-4-7-11(10)8-5-9-12/h2-8H,1,9H2. The van der Waals surface area contributed by atoms with Gasteiger partial charge in [-0.1, -0.05) is 65.0 Å². The first-order valence-electron chi connectivity index (χ1n) is 3.82. The van der Waals surface area contributed by atoms with Crippen LogP contribution < -0.4 is 0 Å². The van der Waals surface area contributed by atoms with Crippen LogP contribution in [0.3, 0.4) is 0 Å². The molecule has 12 heavy (non-hydrogen) atoms. The van der Waals surface area contributed by atoms with Crippen LogP contribution in [0.2, 0.25) is 0 Å². The highest BCUT2D eigenvalue weighted by Crippen LogP contribution is 2.11. The van der Waals surface area contributed by atoms with E-state index in [2.05, 4.69) is 46.8 Å². The molecule has 0 radical (unpaired) electrons. The van der Waals surface area contributed by atoms with Gasteiger partial charge in [-0.3, -0.25) is 0 Å². The van der Waals surface area contributed by atoms with Gasteiger partial charge >= 0.3 is 0 Å². The van der Waals surface area contributed by atoms with Gasteiger partial charge in [0.2, 0.25) is 0 Å². The fourth-order valence-corrected chi connectivity index (χ4v) is 1.21. The fraction of sp³-hybridized carbons (Fsp3) is 0.0909. The first-order valence-corrected chi connectivity index (χ1v) is 4.94. The van der Waals surface area contributed by atoms with Crippen molar-refractivity contribution in [3.05, 3.63) is 48.0 Å². The second-order valence-electron chi connectivity index (χ2n) is 2.39. The lowest BCUT2D eigenvalue weighted by Crippen LogP contribution is -1.77. The van der Waals surface area contributed by atoms with Crippen molar-refractivity contribution in [2.45, 2.75) is 0 Å². The second-order valence-corrected chi connectivity index (χ2v) is 3.04. The van der Waals surface area contributed by atoms with Crippen LogP contribution in [0.5, 0.6) is 0 Å². The Morgan fingerprint density at radius 1 is 1.25 bits per heavy atom. The van der Waals surface area contributed by atoms with Gasteiger partial charge in [0.15, 0.2) is 0 Å². The van der Waals surface area contributed by atoms with Crippen molar-refractivity contribution in [1.29, 1.82) is 0 Å². The lowest BCUT2D eigenvalue weighted by molar-refractivity contribution is 1.61. The van der Waals surface area contributed by atoms with Crippen molar-refractivity contribution in [1.82, 2.24) is 0 Å². The zero-order valence-electron chi connectivity index (χ0n) is 6.83. The highest BCUT2D eigenvalue weighted by atomic mass is 79.9. The summed E-state index contributed by atoms with van der Waals surface area (Å²) in [5.41, 5.74) is 2.39. The Morgan fingerprint density at radius 3 is 2.50 bits per heavy atom. The molecule has 0 unspecified atom stereocenters. The number of halogens is 1. The average Bonchev–Trinajstić information content (AvgIpc) is 2.15. The molecule has 0 bridgehead atoms. The van der Waals surface area contributed by atoms with Crippen molar-refractivity contribution < 1.29 is 0 Å². The van der Waals surface area contributed by atoms with E-state index >= 15 is 0 Å². The Balaban J connectivity index is 2.96. The van der Waals surface area contributed by atoms with E-state index in [-0.39, 0.29) is 0 Å². The van der Waals surface area contributed by atoms with Crippen molar-refractivity contribution >= 4 is 28.1 Å². The van der Waals surface area contributed by atoms with Crippen LogP contribution in [0.15, 0.2) is 36.9 Å². The van der Waals surface area contributed by atoms with Gasteiger partial charge in [-0.2, -0.15) is 0 Å². The molecule has 0 saturated carbocycles. The van der Waals surface area contributed by atoms with Gasteiger partial charge in [-0.25, -0.2) is 0 Å². The average molecular weight is 223 g/mol. The largest absolute Gasteiger partial charge is 0.0984 e. The van der Waals surface area contributed by atoms with E-state index in [9.17, 15) is 0 Å². The molecule has 62 valence electrons. The number of hydrogen-bond acceptors (Lipinski definition) is 0. The van der Waals surface area contributed by atoms with Gasteiger partial charge in [0.05, 0.1) is 0 Å². The molecule has 0 nitrogen and oxygen atoms in total. The molecule has 1 aromatic carbocycles. The number of rotatable bonds is 3. The fourth-order valence-electron chi connectivity index (χ4n) is 1.02. The summed E-state index contributed by atoms with van der Waals surface area (Å²) in [7, 11) is 0. The summed E-state index contributed by atoms with van der Waals surface area (Å²) in [6, 6.07) is 8.18. The molecule has 0 aliphatic carbocycles. The summed E-state index contributed by atoms with van der Waals surface area (Å²) in [4.78, 5) is 0. The van der Waals surface area contributed by atoms with Crippen LogP contribution in [0.4, 0.5) is 0 Å². The van der Waals surface area contributed by atoms with E-state index in [1.165, 1.54) is 11.1 Å². The van der Waals surface area contributed by atoms with Crippen molar-refractivity contribution in [2.24, 2.45) is 0 Å². The smallest absolute Gasteiger partial charge is 0.0215 e. The third-order valence-corrected chi connectivity index (χ3v) is 1.98. The van der Waals surface area contributed by atoms with Gasteiger partial charge in [-0.05, 0) is 11.1 Å². The Hall–Kier alpha value is -0.820. The molecule has 0 aliphatic rings. The highest BCUT2D eigenvalue weighted by molar-refractivity contribution is 9.09. The molecule has 0 aliphatic heterocycles. The second kappa shape index (κ2) is 4.94. The van der Waals surface area contributed by atoms with Gasteiger partial charge in [-0.15, -0.1) is 0 Å². The molecule has 1 rings (SSSR count). The Morgan fingerprint density at radius 2 is 1.92 bits per heavy atom. The lowest BCUT2D eigenvalue weighted by atomic mass is 10.1. The summed E-state index contributed by atoms with van der Waals surface area (Å²) in [5, 5.41) is 0.887. The van der Waals surface area contributed by atoms with E-state index in [1.54, 1.807) is 0 Å². The van der Waals surface area contributed by atoms with E-state index in [0.29, 0.717) is 0 Å². The maximum atomic E-state index is 3.75. The molecule has 0 N–H and O–H groups in total. The Bertz CT molecular complexity index is 287. The quantitative estimate of drug-likeness (QED) is 0.684. The van der Waals surface area contributed by atoms with Crippen LogP contribution in [0.1, 0.15) is 11.1 Å². The molecule has 1 heteroatoms. The molecule has 0 fully saturated rings. The van der Waals surface area contributed by atoms with Crippen LogP contribution in [-0.4, -0.2) is 5.33 Å². The van der Waals surface area contributed by atoms with E-state index in [1.807, 2.05) is 18.2 Å². The monoisotopic (exact) mass is 222 g/mol. The zero-order chi connectivity index (χ0) is 8.81. The van der Waals surface area contributed by atoms with Crippen molar-refractivity contribution in [3.8, 4) is 0 Å². The minimum absolute atomic E-state index is 0.887. The molecule has 0 amide bonds. The highest BCUT2D eigenvalue weighted by Gasteiger charge is 1.91. The van der Waals surface area contributed by atoms with Crippen LogP contribution >= 0.6 is 15.9 Å². The summed E-state index contributed by atoms with van der Waals surface area (Å²) in [6.07, 6.45) is 6.03. The number of allylic oxidation sites excluding steroid dienone is 1. The van der Waals surface area contributed by atoms with Gasteiger partial charge in [0.25, 0.3) is 0 Å². The minimum Gasteiger partial charge on any atom is -0.0984 e. The summed E-state index contributed by atoms with van der Waals surface area (Å²) in [6.45, 7) is 3.75. The topological polar surface area (TPSA) is 0 Å². The van der Waals surface area contributed by atoms with Crippen LogP contribution in [-0.2, 0) is 0 Å². The third kappa shape index (κ3) is 2.35. The van der Waals surface area contributed by atoms with Crippen molar-refractivity contribution in [3.63, 3.8) is 0 Å². The molecular formula is C11H11Br. The molecule has 0 saturated heterocycles. The van der Waals surface area contributed by atoms with E-state index in [4.69, 9.17) is 0 Å². The van der Waals surface area contributed by atoms with Crippen molar-refractivity contribution in [2.75, 3.05) is 5.33 Å². The molecular weight excluding hydrogens is 212 g/mol. The van der Waals surface area contributed by atoms with Gasteiger partial charge in [0, 0.05) is 5.33 Å². The van der Waals surface area contributed by atoms with Crippen LogP contribution in [0.25, 0.3) is 12.2 Å². The van der Waals surface area contributed by atoms with Gasteiger partial charge in [0.1, 0.15) is 0 Å². The van der Waals surface area contributed by atoms with Gasteiger partial charge < -0.3 is 0 Å². The predicted octanol–water partition coefficient (Wildman–Crippen LogP) is 3.74. The molecule has 0 heterocycles. The number of benzene rings is 1. The van der Waals surface area contributed by atoms with Crippen LogP contribution in [0, 0.1) is 0 Å². The summed E-state index contributed by atoms with van der Waals surface area (Å²) in [5.74, 6) is 0. The minimum atomic E-state index is 0.887. The number of alkyl halides is 1. The van der Waals surface area contributed by atoms with E-state index < -0.39 is 0 Å². The molecule has 0 spiro atoms. The molecule has 0 aromatic heterocycles. The Labute approximate surface area is 81.7 Å². The number of hydrogen-bond donors (Lipinski definition) is 0. The van der Waals surface area contributed by atoms with E-state index in [0.717, 1.165) is 5.33 Å². The summed E-state index contributed by atoms with van der Waals surface area (Å²) < 4.78 is 0. The molecule has 0 atom stereocenters.